The number of rotatable bonds is 5. The summed E-state index contributed by atoms with van der Waals surface area (Å²) >= 11 is 0. The number of carbonyl (C=O) groups is 1. The second-order valence-corrected chi connectivity index (χ2v) is 3.44. The first-order valence-electron chi connectivity index (χ1n) is 7.24. The number of benzene rings is 1. The van der Waals surface area contributed by atoms with Crippen LogP contribution < -0.4 is 9.47 Å². The summed E-state index contributed by atoms with van der Waals surface area (Å²) < 4.78 is 10.3. The fourth-order valence-corrected chi connectivity index (χ4v) is 1.31. The van der Waals surface area contributed by atoms with E-state index in [2.05, 4.69) is 0 Å². The van der Waals surface area contributed by atoms with Crippen molar-refractivity contribution < 1.29 is 14.3 Å². The maximum absolute atomic E-state index is 10.7. The predicted octanol–water partition coefficient (Wildman–Crippen LogP) is 4.91. The van der Waals surface area contributed by atoms with Crippen molar-refractivity contribution in [3.05, 3.63) is 42.0 Å². The van der Waals surface area contributed by atoms with Gasteiger partial charge in [0.1, 0.15) is 11.5 Å². The Hall–Kier alpha value is -2.03. The molecule has 0 atom stereocenters. The molecular formula is C18H28O3. The Morgan fingerprint density at radius 2 is 1.62 bits per heavy atom. The Morgan fingerprint density at radius 3 is 2.10 bits per heavy atom. The van der Waals surface area contributed by atoms with Gasteiger partial charge in [0.15, 0.2) is 5.78 Å². The number of hydrogen-bond donors (Lipinski definition) is 0. The Bertz CT molecular complexity index is 446. The zero-order valence-electron chi connectivity index (χ0n) is 14.3. The molecule has 1 rings (SSSR count). The van der Waals surface area contributed by atoms with Gasteiger partial charge in [-0.2, -0.15) is 0 Å². The molecule has 0 spiro atoms. The maximum atomic E-state index is 10.7. The summed E-state index contributed by atoms with van der Waals surface area (Å²) in [7, 11) is 3.22. The van der Waals surface area contributed by atoms with E-state index < -0.39 is 0 Å². The third kappa shape index (κ3) is 9.50. The molecule has 21 heavy (non-hydrogen) atoms. The molecule has 0 fully saturated rings. The third-order valence-electron chi connectivity index (χ3n) is 2.16. The monoisotopic (exact) mass is 292 g/mol. The van der Waals surface area contributed by atoms with E-state index >= 15 is 0 Å². The van der Waals surface area contributed by atoms with Gasteiger partial charge in [0.05, 0.1) is 14.2 Å². The van der Waals surface area contributed by atoms with Gasteiger partial charge in [0.2, 0.25) is 0 Å². The number of carbonyl (C=O) groups excluding carboxylic acids is 1. The van der Waals surface area contributed by atoms with Crippen molar-refractivity contribution in [2.24, 2.45) is 0 Å². The van der Waals surface area contributed by atoms with E-state index in [1.807, 2.05) is 52.0 Å². The molecule has 0 aliphatic carbocycles. The zero-order valence-corrected chi connectivity index (χ0v) is 14.3. The highest BCUT2D eigenvalue weighted by Gasteiger charge is 2.00. The summed E-state index contributed by atoms with van der Waals surface area (Å²) in [6, 6.07) is 5.57. The van der Waals surface area contributed by atoms with Crippen LogP contribution in [0.1, 0.15) is 40.2 Å². The van der Waals surface area contributed by atoms with Crippen molar-refractivity contribution in [3.8, 4) is 11.5 Å². The van der Waals surface area contributed by atoms with E-state index in [1.165, 1.54) is 13.0 Å². The molecule has 0 saturated heterocycles. The smallest absolute Gasteiger partial charge is 0.152 e. The van der Waals surface area contributed by atoms with Gasteiger partial charge in [-0.1, -0.05) is 45.9 Å². The fraction of sp³-hybridized carbons (Fsp3) is 0.389. The predicted molar refractivity (Wildman–Crippen MR) is 91.1 cm³/mol. The van der Waals surface area contributed by atoms with Crippen LogP contribution in [-0.4, -0.2) is 20.0 Å². The summed E-state index contributed by atoms with van der Waals surface area (Å²) in [6.45, 7) is 9.51. The van der Waals surface area contributed by atoms with Crippen molar-refractivity contribution in [1.82, 2.24) is 0 Å². The summed E-state index contributed by atoms with van der Waals surface area (Å²) in [5.74, 6) is 1.51. The first kappa shape index (κ1) is 21.3. The lowest BCUT2D eigenvalue weighted by Gasteiger charge is -2.06. The van der Waals surface area contributed by atoms with Crippen molar-refractivity contribution in [2.75, 3.05) is 14.2 Å². The van der Waals surface area contributed by atoms with Gasteiger partial charge >= 0.3 is 0 Å². The first-order chi connectivity index (χ1) is 10.2. The molecule has 1 aromatic carbocycles. The highest BCUT2D eigenvalue weighted by Crippen LogP contribution is 2.25. The molecule has 1 aromatic rings. The van der Waals surface area contributed by atoms with Crippen LogP contribution in [0.25, 0.3) is 6.08 Å². The topological polar surface area (TPSA) is 35.5 Å². The molecule has 0 N–H and O–H groups in total. The highest BCUT2D eigenvalue weighted by molar-refractivity contribution is 5.87. The van der Waals surface area contributed by atoms with Crippen LogP contribution in [0, 0.1) is 0 Å². The largest absolute Gasteiger partial charge is 0.497 e. The number of ketones is 1. The third-order valence-corrected chi connectivity index (χ3v) is 2.16. The zero-order chi connectivity index (χ0) is 16.7. The van der Waals surface area contributed by atoms with Crippen LogP contribution in [0.3, 0.4) is 0 Å². The minimum Gasteiger partial charge on any atom is -0.497 e. The first-order valence-corrected chi connectivity index (χ1v) is 7.24. The van der Waals surface area contributed by atoms with Crippen LogP contribution in [0.5, 0.6) is 11.5 Å². The molecule has 0 aromatic heterocycles. The molecule has 0 amide bonds. The Labute approximate surface area is 129 Å². The van der Waals surface area contributed by atoms with E-state index in [1.54, 1.807) is 26.4 Å². The minimum atomic E-state index is 0.0244. The molecule has 0 saturated carbocycles. The van der Waals surface area contributed by atoms with Crippen LogP contribution in [-0.2, 0) is 4.79 Å². The second-order valence-electron chi connectivity index (χ2n) is 3.44. The molecule has 0 radical (unpaired) electrons. The summed E-state index contributed by atoms with van der Waals surface area (Å²) in [6.07, 6.45) is 6.88. The minimum absolute atomic E-state index is 0.0244. The number of methoxy groups -OCH3 is 2. The molecule has 0 heterocycles. The molecule has 3 nitrogen and oxygen atoms in total. The van der Waals surface area contributed by atoms with Crippen LogP contribution in [0.2, 0.25) is 0 Å². The normalized spacial score (nSPS) is 9.48. The van der Waals surface area contributed by atoms with Gasteiger partial charge in [-0.3, -0.25) is 4.79 Å². The van der Waals surface area contributed by atoms with E-state index in [0.29, 0.717) is 0 Å². The quantitative estimate of drug-likeness (QED) is 0.571. The van der Waals surface area contributed by atoms with Gasteiger partial charge in [-0.05, 0) is 25.1 Å². The molecule has 0 unspecified atom stereocenters. The Morgan fingerprint density at radius 1 is 1.00 bits per heavy atom. The lowest BCUT2D eigenvalue weighted by molar-refractivity contribution is -0.112. The lowest BCUT2D eigenvalue weighted by atomic mass is 10.1. The summed E-state index contributed by atoms with van der Waals surface area (Å²) in [5, 5.41) is 0. The lowest BCUT2D eigenvalue weighted by Crippen LogP contribution is -1.89. The molecule has 0 aliphatic rings. The van der Waals surface area contributed by atoms with Gasteiger partial charge in [-0.25, -0.2) is 0 Å². The SMILES string of the molecule is CC.CC.COc1ccc(/C=C/C=C/C(C)=O)c(OC)c1. The van der Waals surface area contributed by atoms with Gasteiger partial charge < -0.3 is 9.47 Å². The van der Waals surface area contributed by atoms with Crippen LogP contribution in [0.4, 0.5) is 0 Å². The number of hydrogen-bond acceptors (Lipinski definition) is 3. The van der Waals surface area contributed by atoms with Gasteiger partial charge in [0.25, 0.3) is 0 Å². The van der Waals surface area contributed by atoms with E-state index in [-0.39, 0.29) is 5.78 Å². The highest BCUT2D eigenvalue weighted by atomic mass is 16.5. The van der Waals surface area contributed by atoms with E-state index in [4.69, 9.17) is 9.47 Å². The summed E-state index contributed by atoms with van der Waals surface area (Å²) in [5.41, 5.74) is 0.932. The van der Waals surface area contributed by atoms with Gasteiger partial charge in [0, 0.05) is 11.6 Å². The standard InChI is InChI=1S/C14H16O3.2C2H6/c1-11(15)6-4-5-7-12-8-9-13(16-2)10-14(12)17-3;2*1-2/h4-10H,1-3H3;2*1-2H3/b6-4+,7-5+;;. The fourth-order valence-electron chi connectivity index (χ4n) is 1.31. The molecule has 0 bridgehead atoms. The molecule has 0 aliphatic heterocycles. The number of ether oxygens (including phenoxy) is 2. The average Bonchev–Trinajstić information content (AvgIpc) is 2.55. The molecule has 3 heteroatoms. The second kappa shape index (κ2) is 14.4. The van der Waals surface area contributed by atoms with Crippen molar-refractivity contribution in [2.45, 2.75) is 34.6 Å². The van der Waals surface area contributed by atoms with Crippen molar-refractivity contribution in [1.29, 1.82) is 0 Å². The summed E-state index contributed by atoms with van der Waals surface area (Å²) in [4.78, 5) is 10.7. The van der Waals surface area contributed by atoms with Crippen molar-refractivity contribution in [3.63, 3.8) is 0 Å². The Kier molecular flexibility index (Phi) is 14.6. The molecular weight excluding hydrogens is 264 g/mol. The van der Waals surface area contributed by atoms with E-state index in [9.17, 15) is 4.79 Å². The average molecular weight is 292 g/mol. The van der Waals surface area contributed by atoms with Crippen molar-refractivity contribution >= 4 is 11.9 Å². The molecule has 118 valence electrons. The Balaban J connectivity index is 0. The van der Waals surface area contributed by atoms with E-state index in [0.717, 1.165) is 17.1 Å². The van der Waals surface area contributed by atoms with Gasteiger partial charge in [-0.15, -0.1) is 0 Å². The number of allylic oxidation sites excluding steroid dienone is 3. The van der Waals surface area contributed by atoms with Crippen LogP contribution in [0.15, 0.2) is 36.4 Å². The van der Waals surface area contributed by atoms with Crippen LogP contribution >= 0.6 is 0 Å². The maximum Gasteiger partial charge on any atom is 0.152 e.